The molecular weight excluding hydrogens is 522 g/mol. The smallest absolute Gasteiger partial charge is 0.227 e. The Morgan fingerprint density at radius 3 is 2.26 bits per heavy atom. The van der Waals surface area contributed by atoms with E-state index in [0.717, 1.165) is 81.3 Å². The van der Waals surface area contributed by atoms with Crippen LogP contribution in [0, 0.1) is 5.92 Å². The minimum absolute atomic E-state index is 0.0400. The highest BCUT2D eigenvalue weighted by Gasteiger charge is 2.36. The quantitative estimate of drug-likeness (QED) is 0.285. The van der Waals surface area contributed by atoms with Crippen LogP contribution in [-0.2, 0) is 24.4 Å². The molecule has 1 aromatic heterocycles. The number of piperidine rings is 1. The normalized spacial score (nSPS) is 22.0. The highest BCUT2D eigenvalue weighted by atomic mass is 16.5. The van der Waals surface area contributed by atoms with Crippen LogP contribution in [0.25, 0.3) is 11.0 Å². The van der Waals surface area contributed by atoms with Crippen LogP contribution in [0.1, 0.15) is 43.6 Å². The van der Waals surface area contributed by atoms with Crippen molar-refractivity contribution in [1.29, 1.82) is 0 Å². The summed E-state index contributed by atoms with van der Waals surface area (Å²) < 4.78 is 7.69. The summed E-state index contributed by atoms with van der Waals surface area (Å²) in [6.45, 7) is 10.3. The Bertz CT molecular complexity index is 1470. The van der Waals surface area contributed by atoms with Gasteiger partial charge in [0.15, 0.2) is 0 Å². The third-order valence-electron chi connectivity index (χ3n) is 9.07. The standard InChI is InChI=1S/C35H43N5O2/c1-26-20-38(21-27(2)39(26)22-28-10-5-4-6-11-28)35(41)30-12-9-19-37(24-30)25-34-36-32-13-7-8-14-33(32)40(34)23-29-15-17-31(42-3)18-16-29/h4-8,10-11,13-18,26-27,30H,9,12,19-25H2,1-3H3/t26-,27-,30-/m0/s1. The largest absolute Gasteiger partial charge is 0.497 e. The number of nitrogens with zero attached hydrogens (tertiary/aromatic N) is 5. The van der Waals surface area contributed by atoms with E-state index in [9.17, 15) is 4.79 Å². The molecule has 3 atom stereocenters. The second kappa shape index (κ2) is 12.7. The van der Waals surface area contributed by atoms with Crippen molar-refractivity contribution in [3.05, 3.63) is 95.8 Å². The molecular formula is C35H43N5O2. The lowest BCUT2D eigenvalue weighted by Crippen LogP contribution is -2.59. The number of carbonyl (C=O) groups excluding carboxylic acids is 1. The number of amides is 1. The third-order valence-corrected chi connectivity index (χ3v) is 9.07. The van der Waals surface area contributed by atoms with Crippen molar-refractivity contribution in [3.8, 4) is 5.75 Å². The summed E-state index contributed by atoms with van der Waals surface area (Å²) >= 11 is 0. The third kappa shape index (κ3) is 6.22. The average molecular weight is 566 g/mol. The summed E-state index contributed by atoms with van der Waals surface area (Å²) in [6, 6.07) is 28.0. The van der Waals surface area contributed by atoms with Crippen LogP contribution >= 0.6 is 0 Å². The molecule has 7 heteroatoms. The molecule has 0 bridgehead atoms. The van der Waals surface area contributed by atoms with Crippen LogP contribution in [-0.4, -0.2) is 75.5 Å². The van der Waals surface area contributed by atoms with Crippen molar-refractivity contribution in [2.45, 2.75) is 58.4 Å². The Balaban J connectivity index is 1.13. The van der Waals surface area contributed by atoms with Crippen molar-refractivity contribution in [1.82, 2.24) is 24.3 Å². The molecule has 1 amide bonds. The summed E-state index contributed by atoms with van der Waals surface area (Å²) in [5.74, 6) is 2.28. The molecule has 2 aliphatic heterocycles. The molecule has 3 aromatic carbocycles. The maximum absolute atomic E-state index is 13.9. The van der Waals surface area contributed by atoms with E-state index in [4.69, 9.17) is 9.72 Å². The van der Waals surface area contributed by atoms with E-state index < -0.39 is 0 Å². The number of rotatable bonds is 8. The van der Waals surface area contributed by atoms with Gasteiger partial charge in [0, 0.05) is 44.8 Å². The van der Waals surface area contributed by atoms with Gasteiger partial charge in [-0.3, -0.25) is 14.6 Å². The van der Waals surface area contributed by atoms with E-state index in [1.165, 1.54) is 11.1 Å². The van der Waals surface area contributed by atoms with Crippen LogP contribution in [0.3, 0.4) is 0 Å². The van der Waals surface area contributed by atoms with Crippen molar-refractivity contribution in [2.75, 3.05) is 33.3 Å². The molecule has 2 fully saturated rings. The summed E-state index contributed by atoms with van der Waals surface area (Å²) in [5.41, 5.74) is 4.70. The highest BCUT2D eigenvalue weighted by molar-refractivity contribution is 5.79. The van der Waals surface area contributed by atoms with Crippen LogP contribution in [0.4, 0.5) is 0 Å². The molecule has 2 saturated heterocycles. The first-order chi connectivity index (χ1) is 20.5. The molecule has 0 radical (unpaired) electrons. The molecule has 0 spiro atoms. The maximum atomic E-state index is 13.9. The van der Waals surface area contributed by atoms with Gasteiger partial charge in [-0.05, 0) is 68.6 Å². The van der Waals surface area contributed by atoms with Gasteiger partial charge in [-0.1, -0.05) is 54.6 Å². The number of hydrogen-bond acceptors (Lipinski definition) is 5. The molecule has 0 aliphatic carbocycles. The number of hydrogen-bond donors (Lipinski definition) is 0. The first kappa shape index (κ1) is 28.4. The van der Waals surface area contributed by atoms with Crippen LogP contribution in [0.15, 0.2) is 78.9 Å². The van der Waals surface area contributed by atoms with Gasteiger partial charge in [-0.25, -0.2) is 4.98 Å². The predicted molar refractivity (Wildman–Crippen MR) is 167 cm³/mol. The molecule has 0 N–H and O–H groups in total. The molecule has 0 saturated carbocycles. The van der Waals surface area contributed by atoms with E-state index in [-0.39, 0.29) is 5.92 Å². The lowest BCUT2D eigenvalue weighted by atomic mass is 9.95. The monoisotopic (exact) mass is 565 g/mol. The Kier molecular flexibility index (Phi) is 8.58. The summed E-state index contributed by atoms with van der Waals surface area (Å²) in [7, 11) is 1.69. The molecule has 4 aromatic rings. The van der Waals surface area contributed by atoms with E-state index in [2.05, 4.69) is 93.8 Å². The lowest BCUT2D eigenvalue weighted by molar-refractivity contribution is -0.142. The second-order valence-corrected chi connectivity index (χ2v) is 12.1. The topological polar surface area (TPSA) is 53.8 Å². The zero-order chi connectivity index (χ0) is 29.1. The van der Waals surface area contributed by atoms with Crippen molar-refractivity contribution >= 4 is 16.9 Å². The number of aromatic nitrogens is 2. The number of imidazole rings is 1. The molecule has 3 heterocycles. The number of benzene rings is 3. The van der Waals surface area contributed by atoms with E-state index in [0.29, 0.717) is 18.0 Å². The number of likely N-dealkylation sites (tertiary alicyclic amines) is 1. The molecule has 0 unspecified atom stereocenters. The van der Waals surface area contributed by atoms with Gasteiger partial charge in [0.2, 0.25) is 5.91 Å². The van der Waals surface area contributed by atoms with Crippen molar-refractivity contribution in [2.24, 2.45) is 5.92 Å². The van der Waals surface area contributed by atoms with Gasteiger partial charge < -0.3 is 14.2 Å². The average Bonchev–Trinajstić information content (AvgIpc) is 3.35. The zero-order valence-corrected chi connectivity index (χ0v) is 25.2. The van der Waals surface area contributed by atoms with Gasteiger partial charge >= 0.3 is 0 Å². The Hall–Kier alpha value is -3.68. The number of piperazine rings is 1. The van der Waals surface area contributed by atoms with Crippen LogP contribution in [0.2, 0.25) is 0 Å². The molecule has 6 rings (SSSR count). The van der Waals surface area contributed by atoms with Gasteiger partial charge in [-0.15, -0.1) is 0 Å². The van der Waals surface area contributed by atoms with Crippen LogP contribution in [0.5, 0.6) is 5.75 Å². The number of methoxy groups -OCH3 is 1. The van der Waals surface area contributed by atoms with Gasteiger partial charge in [0.25, 0.3) is 0 Å². The van der Waals surface area contributed by atoms with E-state index in [1.54, 1.807) is 7.11 Å². The molecule has 220 valence electrons. The summed E-state index contributed by atoms with van der Waals surface area (Å²) in [5, 5.41) is 0. The minimum Gasteiger partial charge on any atom is -0.497 e. The Morgan fingerprint density at radius 1 is 0.833 bits per heavy atom. The minimum atomic E-state index is 0.0400. The molecule has 7 nitrogen and oxygen atoms in total. The highest BCUT2D eigenvalue weighted by Crippen LogP contribution is 2.26. The lowest BCUT2D eigenvalue weighted by Gasteiger charge is -2.46. The van der Waals surface area contributed by atoms with Gasteiger partial charge in [0.1, 0.15) is 11.6 Å². The molecule has 42 heavy (non-hydrogen) atoms. The fourth-order valence-corrected chi connectivity index (χ4v) is 6.84. The van der Waals surface area contributed by atoms with Gasteiger partial charge in [-0.2, -0.15) is 0 Å². The second-order valence-electron chi connectivity index (χ2n) is 12.1. The summed E-state index contributed by atoms with van der Waals surface area (Å²) in [4.78, 5) is 26.0. The number of carbonyl (C=O) groups is 1. The first-order valence-corrected chi connectivity index (χ1v) is 15.4. The summed E-state index contributed by atoms with van der Waals surface area (Å²) in [6.07, 6.45) is 2.00. The number of fused-ring (bicyclic) bond motifs is 1. The predicted octanol–water partition coefficient (Wildman–Crippen LogP) is 5.43. The number of para-hydroxylation sites is 2. The number of ether oxygens (including phenoxy) is 1. The van der Waals surface area contributed by atoms with E-state index >= 15 is 0 Å². The van der Waals surface area contributed by atoms with E-state index in [1.807, 2.05) is 18.2 Å². The first-order valence-electron chi connectivity index (χ1n) is 15.4. The maximum Gasteiger partial charge on any atom is 0.227 e. The van der Waals surface area contributed by atoms with Crippen molar-refractivity contribution < 1.29 is 9.53 Å². The van der Waals surface area contributed by atoms with Crippen LogP contribution < -0.4 is 4.74 Å². The van der Waals surface area contributed by atoms with Gasteiger partial charge in [0.05, 0.1) is 30.6 Å². The Morgan fingerprint density at radius 2 is 1.52 bits per heavy atom. The SMILES string of the molecule is COc1ccc(Cn2c(CN3CCC[C@H](C(=O)N4C[C@H](C)N(Cc5ccccc5)[C@@H](C)C4)C3)nc3ccccc32)cc1. The fourth-order valence-electron chi connectivity index (χ4n) is 6.84. The van der Waals surface area contributed by atoms with Crippen molar-refractivity contribution in [3.63, 3.8) is 0 Å². The molecule has 2 aliphatic rings. The zero-order valence-electron chi connectivity index (χ0n) is 25.2. The fraction of sp³-hybridized carbons (Fsp3) is 0.429. The Labute approximate surface area is 249 Å².